The Hall–Kier alpha value is -0.860. The maximum Gasteiger partial charge on any atom is 0.0587 e. The summed E-state index contributed by atoms with van der Waals surface area (Å²) >= 11 is 0. The zero-order valence-electron chi connectivity index (χ0n) is 10.2. The van der Waals surface area contributed by atoms with Gasteiger partial charge in [-0.2, -0.15) is 0 Å². The molecular weight excluding hydrogens is 198 g/mol. The predicted molar refractivity (Wildman–Crippen MR) is 66.0 cm³/mol. The molecule has 0 amide bonds. The fourth-order valence-electron chi connectivity index (χ4n) is 2.50. The SMILES string of the molecule is CC(C)CC(CO)N1Cc2ccccc2C1. The third kappa shape index (κ3) is 2.45. The molecule has 1 heterocycles. The van der Waals surface area contributed by atoms with Gasteiger partial charge in [-0.05, 0) is 23.5 Å². The number of rotatable bonds is 4. The second kappa shape index (κ2) is 4.98. The molecule has 0 spiro atoms. The average molecular weight is 219 g/mol. The summed E-state index contributed by atoms with van der Waals surface area (Å²) in [6, 6.07) is 8.89. The molecule has 2 rings (SSSR count). The molecule has 0 fully saturated rings. The molecule has 1 aliphatic rings. The molecule has 16 heavy (non-hydrogen) atoms. The van der Waals surface area contributed by atoms with Crippen LogP contribution in [0.1, 0.15) is 31.4 Å². The molecule has 0 bridgehead atoms. The first-order chi connectivity index (χ1) is 7.70. The van der Waals surface area contributed by atoms with Crippen LogP contribution in [0.15, 0.2) is 24.3 Å². The van der Waals surface area contributed by atoms with Gasteiger partial charge in [0.1, 0.15) is 0 Å². The third-order valence-electron chi connectivity index (χ3n) is 3.34. The van der Waals surface area contributed by atoms with Crippen LogP contribution in [0.3, 0.4) is 0 Å². The summed E-state index contributed by atoms with van der Waals surface area (Å²) in [7, 11) is 0. The number of benzene rings is 1. The van der Waals surface area contributed by atoms with E-state index in [0.29, 0.717) is 12.0 Å². The standard InChI is InChI=1S/C14H21NO/c1-11(2)7-14(10-16)15-8-12-5-3-4-6-13(12)9-15/h3-6,11,14,16H,7-10H2,1-2H3. The van der Waals surface area contributed by atoms with E-state index in [9.17, 15) is 5.11 Å². The molecule has 0 saturated carbocycles. The Bertz CT molecular complexity index is 323. The van der Waals surface area contributed by atoms with Gasteiger partial charge in [0.15, 0.2) is 0 Å². The lowest BCUT2D eigenvalue weighted by atomic mass is 10.0. The molecule has 1 N–H and O–H groups in total. The van der Waals surface area contributed by atoms with Crippen LogP contribution in [0.5, 0.6) is 0 Å². The quantitative estimate of drug-likeness (QED) is 0.840. The molecule has 0 aromatic heterocycles. The van der Waals surface area contributed by atoms with E-state index >= 15 is 0 Å². The third-order valence-corrected chi connectivity index (χ3v) is 3.34. The monoisotopic (exact) mass is 219 g/mol. The van der Waals surface area contributed by atoms with Gasteiger partial charge in [0.2, 0.25) is 0 Å². The van der Waals surface area contributed by atoms with Crippen molar-refractivity contribution in [2.24, 2.45) is 5.92 Å². The van der Waals surface area contributed by atoms with Crippen molar-refractivity contribution in [3.63, 3.8) is 0 Å². The highest BCUT2D eigenvalue weighted by Crippen LogP contribution is 2.26. The van der Waals surface area contributed by atoms with E-state index in [2.05, 4.69) is 43.0 Å². The maximum atomic E-state index is 9.47. The van der Waals surface area contributed by atoms with Crippen LogP contribution in [0, 0.1) is 5.92 Å². The van der Waals surface area contributed by atoms with Crippen molar-refractivity contribution in [2.45, 2.75) is 39.4 Å². The van der Waals surface area contributed by atoms with Gasteiger partial charge >= 0.3 is 0 Å². The highest BCUT2D eigenvalue weighted by molar-refractivity contribution is 5.30. The van der Waals surface area contributed by atoms with Crippen molar-refractivity contribution in [1.29, 1.82) is 0 Å². The van der Waals surface area contributed by atoms with Crippen LogP contribution in [0.2, 0.25) is 0 Å². The summed E-state index contributed by atoms with van der Waals surface area (Å²) in [6.45, 7) is 6.69. The van der Waals surface area contributed by atoms with Gasteiger partial charge in [0.25, 0.3) is 0 Å². The number of hydrogen-bond acceptors (Lipinski definition) is 2. The molecule has 1 atom stereocenters. The summed E-state index contributed by atoms with van der Waals surface area (Å²) in [5, 5.41) is 9.47. The normalized spacial score (nSPS) is 17.8. The number of aliphatic hydroxyl groups excluding tert-OH is 1. The van der Waals surface area contributed by atoms with Gasteiger partial charge in [0, 0.05) is 19.1 Å². The second-order valence-electron chi connectivity index (χ2n) is 5.14. The number of fused-ring (bicyclic) bond motifs is 1. The Morgan fingerprint density at radius 3 is 2.19 bits per heavy atom. The minimum atomic E-state index is 0.270. The lowest BCUT2D eigenvalue weighted by Gasteiger charge is -2.27. The second-order valence-corrected chi connectivity index (χ2v) is 5.14. The van der Waals surface area contributed by atoms with Gasteiger partial charge in [-0.25, -0.2) is 0 Å². The zero-order chi connectivity index (χ0) is 11.5. The van der Waals surface area contributed by atoms with Gasteiger partial charge in [0.05, 0.1) is 6.61 Å². The van der Waals surface area contributed by atoms with E-state index in [1.54, 1.807) is 0 Å². The van der Waals surface area contributed by atoms with Crippen LogP contribution in [-0.2, 0) is 13.1 Å². The minimum absolute atomic E-state index is 0.270. The zero-order valence-corrected chi connectivity index (χ0v) is 10.2. The number of nitrogens with zero attached hydrogens (tertiary/aromatic N) is 1. The van der Waals surface area contributed by atoms with Crippen molar-refractivity contribution in [1.82, 2.24) is 4.90 Å². The first-order valence-electron chi connectivity index (χ1n) is 6.12. The van der Waals surface area contributed by atoms with Crippen LogP contribution in [0.25, 0.3) is 0 Å². The Labute approximate surface area is 97.9 Å². The number of aliphatic hydroxyl groups is 1. The molecule has 1 aliphatic heterocycles. The van der Waals surface area contributed by atoms with E-state index in [-0.39, 0.29) is 6.61 Å². The van der Waals surface area contributed by atoms with Gasteiger partial charge in [-0.15, -0.1) is 0 Å². The number of hydrogen-bond donors (Lipinski definition) is 1. The van der Waals surface area contributed by atoms with Crippen molar-refractivity contribution in [2.75, 3.05) is 6.61 Å². The fourth-order valence-corrected chi connectivity index (χ4v) is 2.50. The Morgan fingerprint density at radius 2 is 1.75 bits per heavy atom. The van der Waals surface area contributed by atoms with E-state index in [1.165, 1.54) is 11.1 Å². The average Bonchev–Trinajstić information content (AvgIpc) is 2.68. The first kappa shape index (κ1) is 11.6. The summed E-state index contributed by atoms with van der Waals surface area (Å²) in [5.74, 6) is 0.640. The van der Waals surface area contributed by atoms with E-state index in [1.807, 2.05) is 0 Å². The molecule has 2 nitrogen and oxygen atoms in total. The van der Waals surface area contributed by atoms with Crippen molar-refractivity contribution in [3.05, 3.63) is 35.4 Å². The lowest BCUT2D eigenvalue weighted by Crippen LogP contribution is -2.34. The largest absolute Gasteiger partial charge is 0.395 e. The molecule has 0 saturated heterocycles. The van der Waals surface area contributed by atoms with Crippen LogP contribution in [-0.4, -0.2) is 22.7 Å². The topological polar surface area (TPSA) is 23.5 Å². The Morgan fingerprint density at radius 1 is 1.19 bits per heavy atom. The Balaban J connectivity index is 2.04. The molecule has 0 radical (unpaired) electrons. The minimum Gasteiger partial charge on any atom is -0.395 e. The Kier molecular flexibility index (Phi) is 3.62. The summed E-state index contributed by atoms with van der Waals surface area (Å²) in [5.41, 5.74) is 2.84. The molecule has 1 aromatic carbocycles. The van der Waals surface area contributed by atoms with Crippen molar-refractivity contribution >= 4 is 0 Å². The van der Waals surface area contributed by atoms with E-state index in [0.717, 1.165) is 19.5 Å². The van der Waals surface area contributed by atoms with Crippen LogP contribution < -0.4 is 0 Å². The highest BCUT2D eigenvalue weighted by atomic mass is 16.3. The van der Waals surface area contributed by atoms with Gasteiger partial charge in [-0.1, -0.05) is 38.1 Å². The maximum absolute atomic E-state index is 9.47. The molecular formula is C14H21NO. The summed E-state index contributed by atoms with van der Waals surface area (Å²) in [6.07, 6.45) is 1.07. The van der Waals surface area contributed by atoms with E-state index < -0.39 is 0 Å². The van der Waals surface area contributed by atoms with Gasteiger partial charge in [-0.3, -0.25) is 4.90 Å². The highest BCUT2D eigenvalue weighted by Gasteiger charge is 2.25. The van der Waals surface area contributed by atoms with E-state index in [4.69, 9.17) is 0 Å². The van der Waals surface area contributed by atoms with Crippen molar-refractivity contribution in [3.8, 4) is 0 Å². The molecule has 0 aliphatic carbocycles. The van der Waals surface area contributed by atoms with Crippen molar-refractivity contribution < 1.29 is 5.11 Å². The lowest BCUT2D eigenvalue weighted by molar-refractivity contribution is 0.105. The van der Waals surface area contributed by atoms with Gasteiger partial charge < -0.3 is 5.11 Å². The van der Waals surface area contributed by atoms with Crippen LogP contribution >= 0.6 is 0 Å². The predicted octanol–water partition coefficient (Wildman–Crippen LogP) is 2.41. The molecule has 1 aromatic rings. The molecule has 1 unspecified atom stereocenters. The molecule has 2 heteroatoms. The molecule has 88 valence electrons. The first-order valence-corrected chi connectivity index (χ1v) is 6.12. The van der Waals surface area contributed by atoms with Crippen LogP contribution in [0.4, 0.5) is 0 Å². The fraction of sp³-hybridized carbons (Fsp3) is 0.571. The summed E-state index contributed by atoms with van der Waals surface area (Å²) < 4.78 is 0. The summed E-state index contributed by atoms with van der Waals surface area (Å²) in [4.78, 5) is 2.39. The smallest absolute Gasteiger partial charge is 0.0587 e.